The van der Waals surface area contributed by atoms with Crippen molar-refractivity contribution in [3.05, 3.63) is 0 Å². The van der Waals surface area contributed by atoms with E-state index >= 15 is 0 Å². The van der Waals surface area contributed by atoms with Gasteiger partial charge < -0.3 is 9.84 Å². The van der Waals surface area contributed by atoms with Crippen LogP contribution in [0.3, 0.4) is 0 Å². The molecular formula is C10H21NO4S. The topological polar surface area (TPSA) is 66.8 Å². The summed E-state index contributed by atoms with van der Waals surface area (Å²) in [5.74, 6) is 0.134. The summed E-state index contributed by atoms with van der Waals surface area (Å²) in [7, 11) is -3.20. The van der Waals surface area contributed by atoms with Crippen LogP contribution in [0.1, 0.15) is 19.8 Å². The minimum Gasteiger partial charge on any atom is -0.396 e. The number of sulfonamides is 1. The van der Waals surface area contributed by atoms with Crippen molar-refractivity contribution in [1.29, 1.82) is 0 Å². The molecule has 0 aliphatic carbocycles. The normalized spacial score (nSPS) is 23.5. The molecule has 1 heterocycles. The van der Waals surface area contributed by atoms with Crippen LogP contribution in [0.25, 0.3) is 0 Å². The summed E-state index contributed by atoms with van der Waals surface area (Å²) < 4.78 is 30.3. The molecule has 1 fully saturated rings. The smallest absolute Gasteiger partial charge is 0.216 e. The molecule has 1 saturated heterocycles. The van der Waals surface area contributed by atoms with Crippen molar-refractivity contribution in [2.75, 3.05) is 38.7 Å². The van der Waals surface area contributed by atoms with Gasteiger partial charge in [-0.1, -0.05) is 0 Å². The predicted octanol–water partition coefficient (Wildman–Crippen LogP) is 0.0570. The monoisotopic (exact) mass is 251 g/mol. The lowest BCUT2D eigenvalue weighted by molar-refractivity contribution is 0.155. The standard InChI is InChI=1S/C10H21NO4S/c1-2-15-6-7-16(13,14)11-5-3-4-10(8-11)9-12/h10,12H,2-9H2,1H3. The molecule has 0 bridgehead atoms. The Labute approximate surface area is 97.4 Å². The van der Waals surface area contributed by atoms with E-state index in [4.69, 9.17) is 9.84 Å². The first-order valence-corrected chi connectivity index (χ1v) is 7.37. The summed E-state index contributed by atoms with van der Waals surface area (Å²) in [6, 6.07) is 0. The minimum atomic E-state index is -3.20. The molecule has 1 aliphatic rings. The Morgan fingerprint density at radius 3 is 2.88 bits per heavy atom. The van der Waals surface area contributed by atoms with Crippen LogP contribution < -0.4 is 0 Å². The number of ether oxygens (including phenoxy) is 1. The quantitative estimate of drug-likeness (QED) is 0.678. The van der Waals surface area contributed by atoms with Crippen molar-refractivity contribution >= 4 is 10.0 Å². The van der Waals surface area contributed by atoms with Crippen LogP contribution >= 0.6 is 0 Å². The average Bonchev–Trinajstić information content (AvgIpc) is 2.29. The first-order valence-electron chi connectivity index (χ1n) is 5.76. The fourth-order valence-electron chi connectivity index (χ4n) is 1.87. The zero-order valence-corrected chi connectivity index (χ0v) is 10.6. The average molecular weight is 251 g/mol. The lowest BCUT2D eigenvalue weighted by Gasteiger charge is -2.30. The summed E-state index contributed by atoms with van der Waals surface area (Å²) >= 11 is 0. The Kier molecular flexibility index (Phi) is 5.68. The van der Waals surface area contributed by atoms with E-state index in [1.54, 1.807) is 0 Å². The molecule has 0 spiro atoms. The van der Waals surface area contributed by atoms with E-state index in [2.05, 4.69) is 0 Å². The molecule has 0 aromatic heterocycles. The predicted molar refractivity (Wildman–Crippen MR) is 61.7 cm³/mol. The number of aliphatic hydroxyl groups excluding tert-OH is 1. The second-order valence-corrected chi connectivity index (χ2v) is 6.15. The van der Waals surface area contributed by atoms with Gasteiger partial charge in [0.25, 0.3) is 0 Å². The Hall–Kier alpha value is -0.170. The maximum atomic E-state index is 11.9. The fraction of sp³-hybridized carbons (Fsp3) is 1.00. The van der Waals surface area contributed by atoms with Crippen LogP contribution in [0.2, 0.25) is 0 Å². The number of aliphatic hydroxyl groups is 1. The van der Waals surface area contributed by atoms with E-state index < -0.39 is 10.0 Å². The lowest BCUT2D eigenvalue weighted by Crippen LogP contribution is -2.42. The van der Waals surface area contributed by atoms with E-state index in [-0.39, 0.29) is 24.9 Å². The van der Waals surface area contributed by atoms with Gasteiger partial charge in [-0.05, 0) is 25.7 Å². The van der Waals surface area contributed by atoms with Crippen molar-refractivity contribution < 1.29 is 18.3 Å². The highest BCUT2D eigenvalue weighted by atomic mass is 32.2. The van der Waals surface area contributed by atoms with Crippen molar-refractivity contribution in [2.24, 2.45) is 5.92 Å². The van der Waals surface area contributed by atoms with Gasteiger partial charge in [0.15, 0.2) is 0 Å². The third-order valence-corrected chi connectivity index (χ3v) is 4.62. The van der Waals surface area contributed by atoms with Crippen molar-refractivity contribution in [3.63, 3.8) is 0 Å². The van der Waals surface area contributed by atoms with Crippen LogP contribution in [-0.4, -0.2) is 56.5 Å². The van der Waals surface area contributed by atoms with Crippen molar-refractivity contribution in [3.8, 4) is 0 Å². The largest absolute Gasteiger partial charge is 0.396 e. The maximum Gasteiger partial charge on any atom is 0.216 e. The minimum absolute atomic E-state index is 0.0407. The van der Waals surface area contributed by atoms with E-state index in [1.165, 1.54) is 4.31 Å². The first kappa shape index (κ1) is 13.9. The molecule has 0 aromatic rings. The van der Waals surface area contributed by atoms with Crippen LogP contribution in [0.4, 0.5) is 0 Å². The van der Waals surface area contributed by atoms with Crippen molar-refractivity contribution in [1.82, 2.24) is 4.31 Å². The molecule has 6 heteroatoms. The summed E-state index contributed by atoms with van der Waals surface area (Å²) in [4.78, 5) is 0. The van der Waals surface area contributed by atoms with E-state index in [0.29, 0.717) is 19.7 Å². The van der Waals surface area contributed by atoms with Gasteiger partial charge in [0, 0.05) is 26.3 Å². The molecule has 1 unspecified atom stereocenters. The molecule has 1 aliphatic heterocycles. The maximum absolute atomic E-state index is 11.9. The Bertz CT molecular complexity index is 291. The molecule has 0 aromatic carbocycles. The molecule has 5 nitrogen and oxygen atoms in total. The number of piperidine rings is 1. The SMILES string of the molecule is CCOCCS(=O)(=O)N1CCCC(CO)C1. The third kappa shape index (κ3) is 4.01. The summed E-state index contributed by atoms with van der Waals surface area (Å²) in [6.07, 6.45) is 1.74. The van der Waals surface area contributed by atoms with Gasteiger partial charge in [-0.3, -0.25) is 0 Å². The molecule has 96 valence electrons. The van der Waals surface area contributed by atoms with Crippen LogP contribution in [-0.2, 0) is 14.8 Å². The number of rotatable bonds is 6. The highest BCUT2D eigenvalue weighted by Gasteiger charge is 2.28. The molecule has 0 radical (unpaired) electrons. The molecule has 0 saturated carbocycles. The summed E-state index contributed by atoms with van der Waals surface area (Å²) in [5, 5.41) is 9.04. The van der Waals surface area contributed by atoms with E-state index in [9.17, 15) is 8.42 Å². The molecular weight excluding hydrogens is 230 g/mol. The van der Waals surface area contributed by atoms with Gasteiger partial charge >= 0.3 is 0 Å². The van der Waals surface area contributed by atoms with Crippen LogP contribution in [0.15, 0.2) is 0 Å². The number of hydrogen-bond donors (Lipinski definition) is 1. The highest BCUT2D eigenvalue weighted by Crippen LogP contribution is 2.18. The summed E-state index contributed by atoms with van der Waals surface area (Å²) in [5.41, 5.74) is 0. The number of nitrogens with zero attached hydrogens (tertiary/aromatic N) is 1. The molecule has 1 N–H and O–H groups in total. The second-order valence-electron chi connectivity index (χ2n) is 4.06. The zero-order chi connectivity index (χ0) is 12.0. The van der Waals surface area contributed by atoms with Crippen LogP contribution in [0.5, 0.6) is 0 Å². The highest BCUT2D eigenvalue weighted by molar-refractivity contribution is 7.89. The molecule has 16 heavy (non-hydrogen) atoms. The number of hydrogen-bond acceptors (Lipinski definition) is 4. The second kappa shape index (κ2) is 6.54. The van der Waals surface area contributed by atoms with Gasteiger partial charge in [-0.25, -0.2) is 12.7 Å². The lowest BCUT2D eigenvalue weighted by atomic mass is 10.0. The first-order chi connectivity index (χ1) is 7.60. The molecule has 1 atom stereocenters. The third-order valence-electron chi connectivity index (χ3n) is 2.82. The Morgan fingerprint density at radius 1 is 1.50 bits per heavy atom. The van der Waals surface area contributed by atoms with Gasteiger partial charge in [-0.2, -0.15) is 0 Å². The van der Waals surface area contributed by atoms with Crippen molar-refractivity contribution in [2.45, 2.75) is 19.8 Å². The van der Waals surface area contributed by atoms with Gasteiger partial charge in [0.2, 0.25) is 10.0 Å². The summed E-state index contributed by atoms with van der Waals surface area (Å²) in [6.45, 7) is 3.72. The zero-order valence-electron chi connectivity index (χ0n) is 9.76. The van der Waals surface area contributed by atoms with E-state index in [0.717, 1.165) is 12.8 Å². The van der Waals surface area contributed by atoms with E-state index in [1.807, 2.05) is 6.92 Å². The molecule has 1 rings (SSSR count). The Balaban J connectivity index is 2.47. The van der Waals surface area contributed by atoms with Gasteiger partial charge in [0.1, 0.15) is 0 Å². The molecule has 0 amide bonds. The Morgan fingerprint density at radius 2 is 2.25 bits per heavy atom. The van der Waals surface area contributed by atoms with Crippen LogP contribution in [0, 0.1) is 5.92 Å². The van der Waals surface area contributed by atoms with Gasteiger partial charge in [0.05, 0.1) is 12.4 Å². The fourth-order valence-corrected chi connectivity index (χ4v) is 3.30. The van der Waals surface area contributed by atoms with Gasteiger partial charge in [-0.15, -0.1) is 0 Å².